The molecule has 2 aromatic rings. The third-order valence-electron chi connectivity index (χ3n) is 5.65. The van der Waals surface area contributed by atoms with Gasteiger partial charge in [-0.2, -0.15) is 0 Å². The Morgan fingerprint density at radius 2 is 1.84 bits per heavy atom. The van der Waals surface area contributed by atoms with Crippen molar-refractivity contribution < 1.29 is 4.79 Å². The maximum absolute atomic E-state index is 12.4. The Morgan fingerprint density at radius 1 is 1.13 bits per heavy atom. The molecule has 2 N–H and O–H groups in total. The Kier molecular flexibility index (Phi) is 8.70. The Balaban J connectivity index is 1.45. The van der Waals surface area contributed by atoms with E-state index in [9.17, 15) is 4.79 Å². The van der Waals surface area contributed by atoms with Gasteiger partial charge in [0.05, 0.1) is 0 Å². The van der Waals surface area contributed by atoms with Crippen LogP contribution >= 0.6 is 0 Å². The van der Waals surface area contributed by atoms with E-state index in [0.717, 1.165) is 42.1 Å². The molecule has 0 bridgehead atoms. The highest BCUT2D eigenvalue weighted by molar-refractivity contribution is 5.94. The average Bonchev–Trinajstić information content (AvgIpc) is 3.63. The molecule has 1 amide bonds. The van der Waals surface area contributed by atoms with Gasteiger partial charge in [0.2, 0.25) is 0 Å². The van der Waals surface area contributed by atoms with Crippen molar-refractivity contribution in [3.8, 4) is 23.5 Å². The van der Waals surface area contributed by atoms with E-state index in [1.54, 1.807) is 0 Å². The van der Waals surface area contributed by atoms with Crippen molar-refractivity contribution in [2.24, 2.45) is 11.8 Å². The predicted molar refractivity (Wildman–Crippen MR) is 130 cm³/mol. The molecule has 3 rings (SSSR count). The summed E-state index contributed by atoms with van der Waals surface area (Å²) in [5, 5.41) is 6.48. The molecule has 0 saturated heterocycles. The number of benzene rings is 2. The number of terminal acetylenes is 1. The second-order valence-electron chi connectivity index (χ2n) is 8.20. The standard InChI is InChI=1S/C28H32N2O/c1-3-8-24(22(2)18-20-29-21-23-12-13-23)11-7-19-30-28(31)27-16-14-26(15-17-27)25-9-5-4-6-10-25/h1,4-11,14-17,22-23,29H,12-13,18-21H2,2H3,(H,30,31)/b11-7-,24-8+. The van der Waals surface area contributed by atoms with E-state index < -0.39 is 0 Å². The Hall–Kier alpha value is -3.09. The fourth-order valence-corrected chi connectivity index (χ4v) is 3.46. The van der Waals surface area contributed by atoms with Crippen molar-refractivity contribution in [1.29, 1.82) is 0 Å². The van der Waals surface area contributed by atoms with Crippen molar-refractivity contribution in [3.05, 3.63) is 84.0 Å². The molecular weight excluding hydrogens is 380 g/mol. The van der Waals surface area contributed by atoms with Gasteiger partial charge in [-0.25, -0.2) is 0 Å². The van der Waals surface area contributed by atoms with Crippen LogP contribution in [0.3, 0.4) is 0 Å². The number of allylic oxidation sites excluding steroid dienone is 3. The van der Waals surface area contributed by atoms with Crippen LogP contribution in [-0.4, -0.2) is 25.5 Å². The van der Waals surface area contributed by atoms with Gasteiger partial charge in [-0.05, 0) is 79.1 Å². The molecule has 1 fully saturated rings. The maximum Gasteiger partial charge on any atom is 0.251 e. The zero-order chi connectivity index (χ0) is 21.9. The minimum absolute atomic E-state index is 0.0796. The first-order chi connectivity index (χ1) is 15.2. The van der Waals surface area contributed by atoms with Gasteiger partial charge in [0.15, 0.2) is 0 Å². The summed E-state index contributed by atoms with van der Waals surface area (Å²) in [5.74, 6) is 3.83. The fraction of sp³-hybridized carbons (Fsp3) is 0.321. The summed E-state index contributed by atoms with van der Waals surface area (Å²) in [6.07, 6.45) is 15.1. The Bertz CT molecular complexity index is 931. The van der Waals surface area contributed by atoms with E-state index in [1.807, 2.05) is 60.7 Å². The first-order valence-corrected chi connectivity index (χ1v) is 11.1. The molecule has 1 atom stereocenters. The normalized spacial score (nSPS) is 14.9. The molecule has 1 aliphatic rings. The van der Waals surface area contributed by atoms with Gasteiger partial charge in [0.25, 0.3) is 5.91 Å². The zero-order valence-electron chi connectivity index (χ0n) is 18.3. The molecule has 0 spiro atoms. The van der Waals surface area contributed by atoms with E-state index in [0.29, 0.717) is 18.0 Å². The Morgan fingerprint density at radius 3 is 2.52 bits per heavy atom. The molecule has 1 unspecified atom stereocenters. The van der Waals surface area contributed by atoms with Gasteiger partial charge in [-0.15, -0.1) is 6.42 Å². The quantitative estimate of drug-likeness (QED) is 0.302. The molecule has 2 aromatic carbocycles. The number of carbonyl (C=O) groups excluding carboxylic acids is 1. The molecule has 160 valence electrons. The number of hydrogen-bond acceptors (Lipinski definition) is 2. The summed E-state index contributed by atoms with van der Waals surface area (Å²) in [4.78, 5) is 12.4. The highest BCUT2D eigenvalue weighted by Gasteiger charge is 2.20. The van der Waals surface area contributed by atoms with Gasteiger partial charge in [0.1, 0.15) is 0 Å². The summed E-state index contributed by atoms with van der Waals surface area (Å²) >= 11 is 0. The smallest absolute Gasteiger partial charge is 0.251 e. The van der Waals surface area contributed by atoms with E-state index in [-0.39, 0.29) is 5.91 Å². The van der Waals surface area contributed by atoms with Crippen LogP contribution in [0.4, 0.5) is 0 Å². The highest BCUT2D eigenvalue weighted by Crippen LogP contribution is 2.27. The number of amides is 1. The van der Waals surface area contributed by atoms with Gasteiger partial charge in [-0.3, -0.25) is 4.79 Å². The lowest BCUT2D eigenvalue weighted by Gasteiger charge is -2.13. The number of hydrogen-bond donors (Lipinski definition) is 2. The van der Waals surface area contributed by atoms with Crippen LogP contribution in [0.5, 0.6) is 0 Å². The van der Waals surface area contributed by atoms with Crippen LogP contribution in [0, 0.1) is 24.2 Å². The molecule has 0 aliphatic heterocycles. The summed E-state index contributed by atoms with van der Waals surface area (Å²) < 4.78 is 0. The third kappa shape index (κ3) is 7.59. The molecule has 0 heterocycles. The predicted octanol–water partition coefficient (Wildman–Crippen LogP) is 5.23. The molecular formula is C28H32N2O. The molecule has 3 nitrogen and oxygen atoms in total. The summed E-state index contributed by atoms with van der Waals surface area (Å²) in [5.41, 5.74) is 4.02. The SMILES string of the molecule is C#C/C=C(\C=C/CNC(=O)c1ccc(-c2ccccc2)cc1)C(C)CCNCC1CC1. The molecule has 31 heavy (non-hydrogen) atoms. The van der Waals surface area contributed by atoms with Gasteiger partial charge in [0, 0.05) is 12.1 Å². The first kappa shape index (κ1) is 22.6. The topological polar surface area (TPSA) is 41.1 Å². The van der Waals surface area contributed by atoms with Crippen molar-refractivity contribution in [3.63, 3.8) is 0 Å². The van der Waals surface area contributed by atoms with Crippen LogP contribution in [0.2, 0.25) is 0 Å². The van der Waals surface area contributed by atoms with Crippen molar-refractivity contribution in [2.75, 3.05) is 19.6 Å². The van der Waals surface area contributed by atoms with Crippen LogP contribution in [0.1, 0.15) is 36.5 Å². The lowest BCUT2D eigenvalue weighted by Crippen LogP contribution is -2.23. The van der Waals surface area contributed by atoms with E-state index in [4.69, 9.17) is 6.42 Å². The van der Waals surface area contributed by atoms with Crippen LogP contribution in [0.15, 0.2) is 78.4 Å². The minimum Gasteiger partial charge on any atom is -0.349 e. The third-order valence-corrected chi connectivity index (χ3v) is 5.65. The Labute approximate surface area is 186 Å². The van der Waals surface area contributed by atoms with Crippen LogP contribution in [-0.2, 0) is 0 Å². The molecule has 0 radical (unpaired) electrons. The van der Waals surface area contributed by atoms with Gasteiger partial charge >= 0.3 is 0 Å². The highest BCUT2D eigenvalue weighted by atomic mass is 16.1. The second-order valence-corrected chi connectivity index (χ2v) is 8.20. The lowest BCUT2D eigenvalue weighted by atomic mass is 9.96. The van der Waals surface area contributed by atoms with Crippen molar-refractivity contribution >= 4 is 5.91 Å². The second kappa shape index (κ2) is 11.9. The fourth-order valence-electron chi connectivity index (χ4n) is 3.46. The largest absolute Gasteiger partial charge is 0.349 e. The summed E-state index contributed by atoms with van der Waals surface area (Å²) in [6.45, 7) is 4.80. The number of nitrogens with one attached hydrogen (secondary N) is 2. The minimum atomic E-state index is -0.0796. The first-order valence-electron chi connectivity index (χ1n) is 11.1. The van der Waals surface area contributed by atoms with Crippen molar-refractivity contribution in [1.82, 2.24) is 10.6 Å². The van der Waals surface area contributed by atoms with E-state index in [1.165, 1.54) is 12.8 Å². The summed E-state index contributed by atoms with van der Waals surface area (Å²) in [7, 11) is 0. The van der Waals surface area contributed by atoms with Crippen LogP contribution < -0.4 is 10.6 Å². The monoisotopic (exact) mass is 412 g/mol. The zero-order valence-corrected chi connectivity index (χ0v) is 18.3. The molecule has 3 heteroatoms. The molecule has 0 aromatic heterocycles. The van der Waals surface area contributed by atoms with Crippen LogP contribution in [0.25, 0.3) is 11.1 Å². The average molecular weight is 413 g/mol. The maximum atomic E-state index is 12.4. The number of rotatable bonds is 11. The van der Waals surface area contributed by atoms with E-state index in [2.05, 4.69) is 35.6 Å². The van der Waals surface area contributed by atoms with Gasteiger partial charge in [-0.1, -0.05) is 67.5 Å². The number of carbonyl (C=O) groups is 1. The molecule has 1 saturated carbocycles. The van der Waals surface area contributed by atoms with Crippen molar-refractivity contribution in [2.45, 2.75) is 26.2 Å². The lowest BCUT2D eigenvalue weighted by molar-refractivity contribution is 0.0958. The van der Waals surface area contributed by atoms with Gasteiger partial charge < -0.3 is 10.6 Å². The van der Waals surface area contributed by atoms with E-state index >= 15 is 0 Å². The summed E-state index contributed by atoms with van der Waals surface area (Å²) in [6, 6.07) is 17.8. The molecule has 1 aliphatic carbocycles.